The summed E-state index contributed by atoms with van der Waals surface area (Å²) < 4.78 is 5.19. The number of hydrogen-bond acceptors (Lipinski definition) is 1. The Morgan fingerprint density at radius 3 is 1.69 bits per heavy atom. The molecule has 0 atom stereocenters. The average Bonchev–Trinajstić information content (AvgIpc) is 2.54. The number of hydrogen-bond donors (Lipinski definition) is 0. The minimum Gasteiger partial charge on any atom is -0.469 e. The Labute approximate surface area is 83.2 Å². The molecule has 0 spiro atoms. The second kappa shape index (κ2) is 9.37. The summed E-state index contributed by atoms with van der Waals surface area (Å²) in [6.45, 7) is 14.2. The smallest absolute Gasteiger partial charge is 0.103 e. The van der Waals surface area contributed by atoms with Gasteiger partial charge in [-0.25, -0.2) is 0 Å². The van der Waals surface area contributed by atoms with E-state index in [2.05, 4.69) is 13.8 Å². The summed E-state index contributed by atoms with van der Waals surface area (Å²) >= 11 is 0. The maximum absolute atomic E-state index is 5.19. The maximum atomic E-state index is 5.19. The van der Waals surface area contributed by atoms with Crippen LogP contribution in [0.3, 0.4) is 0 Å². The normalized spacial score (nSPS) is 7.92. The first-order chi connectivity index (χ1) is 6.25. The van der Waals surface area contributed by atoms with Crippen molar-refractivity contribution in [1.29, 1.82) is 0 Å². The van der Waals surface area contributed by atoms with Gasteiger partial charge in [0, 0.05) is 0 Å². The van der Waals surface area contributed by atoms with Gasteiger partial charge in [0.15, 0.2) is 0 Å². The van der Waals surface area contributed by atoms with E-state index >= 15 is 0 Å². The van der Waals surface area contributed by atoms with Crippen molar-refractivity contribution < 1.29 is 4.42 Å². The first kappa shape index (κ1) is 14.8. The minimum absolute atomic E-state index is 1.05. The Kier molecular flexibility index (Phi) is 10.7. The van der Waals surface area contributed by atoms with Crippen LogP contribution in [0.15, 0.2) is 10.7 Å². The fourth-order valence-electron chi connectivity index (χ4n) is 0.911. The number of rotatable bonds is 1. The van der Waals surface area contributed by atoms with E-state index in [9.17, 15) is 0 Å². The molecule has 1 aromatic heterocycles. The molecule has 0 radical (unpaired) electrons. The van der Waals surface area contributed by atoms with Crippen LogP contribution in [-0.2, 0) is 6.42 Å². The molecular formula is C12H24O. The first-order valence-corrected chi connectivity index (χ1v) is 5.29. The van der Waals surface area contributed by atoms with Crippen LogP contribution in [0.4, 0.5) is 0 Å². The van der Waals surface area contributed by atoms with Crippen LogP contribution in [-0.4, -0.2) is 0 Å². The van der Waals surface area contributed by atoms with E-state index in [0.29, 0.717) is 0 Å². The molecule has 1 heteroatoms. The van der Waals surface area contributed by atoms with E-state index in [1.54, 1.807) is 0 Å². The molecule has 0 aliphatic rings. The standard InChI is InChI=1S/C8H12O.2C2H6/c1-4-8-5-9-7(3)6(8)2;2*1-2/h5H,4H2,1-3H3;2*1-2H3. The Hall–Kier alpha value is -0.720. The van der Waals surface area contributed by atoms with Gasteiger partial charge >= 0.3 is 0 Å². The lowest BCUT2D eigenvalue weighted by atomic mass is 10.1. The van der Waals surface area contributed by atoms with E-state index in [0.717, 1.165) is 12.2 Å². The topological polar surface area (TPSA) is 13.1 Å². The van der Waals surface area contributed by atoms with Crippen molar-refractivity contribution in [1.82, 2.24) is 0 Å². The average molecular weight is 184 g/mol. The molecule has 0 aliphatic heterocycles. The third-order valence-electron chi connectivity index (χ3n) is 1.77. The van der Waals surface area contributed by atoms with Gasteiger partial charge in [0.05, 0.1) is 6.26 Å². The molecule has 13 heavy (non-hydrogen) atoms. The van der Waals surface area contributed by atoms with Crippen LogP contribution in [0.2, 0.25) is 0 Å². The van der Waals surface area contributed by atoms with Crippen molar-refractivity contribution in [2.45, 2.75) is 54.9 Å². The molecule has 0 amide bonds. The molecule has 0 N–H and O–H groups in total. The van der Waals surface area contributed by atoms with Gasteiger partial charge in [-0.1, -0.05) is 34.6 Å². The zero-order valence-electron chi connectivity index (χ0n) is 10.2. The lowest BCUT2D eigenvalue weighted by Crippen LogP contribution is -1.78. The molecule has 0 saturated heterocycles. The molecule has 0 aliphatic carbocycles. The molecule has 0 bridgehead atoms. The Morgan fingerprint density at radius 2 is 1.54 bits per heavy atom. The summed E-state index contributed by atoms with van der Waals surface area (Å²) in [5.41, 5.74) is 2.63. The van der Waals surface area contributed by atoms with Crippen molar-refractivity contribution in [2.75, 3.05) is 0 Å². The van der Waals surface area contributed by atoms with Crippen LogP contribution in [0.5, 0.6) is 0 Å². The Balaban J connectivity index is 0. The third kappa shape index (κ3) is 4.76. The van der Waals surface area contributed by atoms with Crippen molar-refractivity contribution in [2.24, 2.45) is 0 Å². The predicted octanol–water partition coefficient (Wildman–Crippen LogP) is 4.51. The fraction of sp³-hybridized carbons (Fsp3) is 0.667. The second-order valence-electron chi connectivity index (χ2n) is 2.30. The van der Waals surface area contributed by atoms with E-state index < -0.39 is 0 Å². The van der Waals surface area contributed by atoms with Gasteiger partial charge in [0.2, 0.25) is 0 Å². The van der Waals surface area contributed by atoms with Crippen molar-refractivity contribution in [3.63, 3.8) is 0 Å². The van der Waals surface area contributed by atoms with E-state index in [4.69, 9.17) is 4.42 Å². The molecule has 1 aromatic rings. The first-order valence-electron chi connectivity index (χ1n) is 5.29. The van der Waals surface area contributed by atoms with E-state index in [-0.39, 0.29) is 0 Å². The predicted molar refractivity (Wildman–Crippen MR) is 60.3 cm³/mol. The van der Waals surface area contributed by atoms with Crippen molar-refractivity contribution in [3.05, 3.63) is 23.2 Å². The molecule has 0 saturated carbocycles. The minimum atomic E-state index is 1.05. The van der Waals surface area contributed by atoms with Crippen molar-refractivity contribution in [3.8, 4) is 0 Å². The molecule has 1 nitrogen and oxygen atoms in total. The summed E-state index contributed by atoms with van der Waals surface area (Å²) in [5.74, 6) is 1.05. The molecule has 1 rings (SSSR count). The van der Waals surface area contributed by atoms with Crippen LogP contribution in [0.1, 0.15) is 51.5 Å². The molecule has 1 heterocycles. The molecule has 0 fully saturated rings. The van der Waals surface area contributed by atoms with Crippen LogP contribution < -0.4 is 0 Å². The maximum Gasteiger partial charge on any atom is 0.103 e. The van der Waals surface area contributed by atoms with Gasteiger partial charge in [0.25, 0.3) is 0 Å². The Morgan fingerprint density at radius 1 is 1.08 bits per heavy atom. The van der Waals surface area contributed by atoms with Crippen LogP contribution in [0, 0.1) is 13.8 Å². The second-order valence-corrected chi connectivity index (χ2v) is 2.30. The zero-order valence-corrected chi connectivity index (χ0v) is 10.2. The number of furan rings is 1. The number of aryl methyl sites for hydroxylation is 2. The summed E-state index contributed by atoms with van der Waals surface area (Å²) in [5, 5.41) is 0. The van der Waals surface area contributed by atoms with Gasteiger partial charge in [-0.15, -0.1) is 0 Å². The summed E-state index contributed by atoms with van der Waals surface area (Å²) in [7, 11) is 0. The summed E-state index contributed by atoms with van der Waals surface area (Å²) in [6, 6.07) is 0. The quantitative estimate of drug-likeness (QED) is 0.626. The molecule has 78 valence electrons. The summed E-state index contributed by atoms with van der Waals surface area (Å²) in [6.07, 6.45) is 2.91. The lowest BCUT2D eigenvalue weighted by Gasteiger charge is -1.88. The lowest BCUT2D eigenvalue weighted by molar-refractivity contribution is 0.530. The van der Waals surface area contributed by atoms with E-state index in [1.807, 2.05) is 40.9 Å². The molecule has 0 unspecified atom stereocenters. The Bertz CT molecular complexity index is 199. The summed E-state index contributed by atoms with van der Waals surface area (Å²) in [4.78, 5) is 0. The van der Waals surface area contributed by atoms with Gasteiger partial charge in [0.1, 0.15) is 5.76 Å². The van der Waals surface area contributed by atoms with E-state index in [1.165, 1.54) is 11.1 Å². The van der Waals surface area contributed by atoms with Gasteiger partial charge < -0.3 is 4.42 Å². The zero-order chi connectivity index (χ0) is 10.9. The highest BCUT2D eigenvalue weighted by Crippen LogP contribution is 2.14. The van der Waals surface area contributed by atoms with Gasteiger partial charge in [-0.2, -0.15) is 0 Å². The highest BCUT2D eigenvalue weighted by molar-refractivity contribution is 5.24. The van der Waals surface area contributed by atoms with Crippen molar-refractivity contribution >= 4 is 0 Å². The largest absolute Gasteiger partial charge is 0.469 e. The highest BCUT2D eigenvalue weighted by atomic mass is 16.3. The van der Waals surface area contributed by atoms with Gasteiger partial charge in [-0.3, -0.25) is 0 Å². The molecular weight excluding hydrogens is 160 g/mol. The van der Waals surface area contributed by atoms with Crippen LogP contribution >= 0.6 is 0 Å². The van der Waals surface area contributed by atoms with Crippen LogP contribution in [0.25, 0.3) is 0 Å². The fourth-order valence-corrected chi connectivity index (χ4v) is 0.911. The van der Waals surface area contributed by atoms with Gasteiger partial charge in [-0.05, 0) is 31.4 Å². The SMILES string of the molecule is CC.CC.CCc1coc(C)c1C. The third-order valence-corrected chi connectivity index (χ3v) is 1.77. The highest BCUT2D eigenvalue weighted by Gasteiger charge is 2.01. The molecule has 0 aromatic carbocycles. The monoisotopic (exact) mass is 184 g/mol.